The van der Waals surface area contributed by atoms with E-state index in [1.54, 1.807) is 0 Å². The monoisotopic (exact) mass is 232 g/mol. The first-order chi connectivity index (χ1) is 8.24. The lowest BCUT2D eigenvalue weighted by molar-refractivity contribution is 0.576. The molecule has 2 rings (SSSR count). The maximum absolute atomic E-state index is 5.97. The molecule has 2 heteroatoms. The number of piperidine rings is 1. The van der Waals surface area contributed by atoms with Crippen LogP contribution in [0.1, 0.15) is 50.2 Å². The topological polar surface area (TPSA) is 29.3 Å². The highest BCUT2D eigenvalue weighted by molar-refractivity contribution is 5.57. The van der Waals surface area contributed by atoms with Gasteiger partial charge >= 0.3 is 0 Å². The first-order valence-corrected chi connectivity index (χ1v) is 6.81. The molecule has 1 aromatic rings. The quantitative estimate of drug-likeness (QED) is 0.866. The van der Waals surface area contributed by atoms with Crippen LogP contribution in [0.2, 0.25) is 0 Å². The fraction of sp³-hybridized carbons (Fsp3) is 0.600. The van der Waals surface area contributed by atoms with E-state index in [1.807, 2.05) is 0 Å². The summed E-state index contributed by atoms with van der Waals surface area (Å²) >= 11 is 0. The summed E-state index contributed by atoms with van der Waals surface area (Å²) < 4.78 is 0. The summed E-state index contributed by atoms with van der Waals surface area (Å²) in [6.07, 6.45) is 4.00. The Morgan fingerprint density at radius 1 is 1.18 bits per heavy atom. The minimum absolute atomic E-state index is 0.554. The van der Waals surface area contributed by atoms with Crippen molar-refractivity contribution < 1.29 is 0 Å². The Bertz CT molecular complexity index is 365. The van der Waals surface area contributed by atoms with Crippen molar-refractivity contribution >= 4 is 5.69 Å². The maximum atomic E-state index is 5.97. The van der Waals surface area contributed by atoms with E-state index in [9.17, 15) is 0 Å². The average molecular weight is 232 g/mol. The van der Waals surface area contributed by atoms with Crippen LogP contribution >= 0.6 is 0 Å². The SMILES string of the molecule is CC(C)c1cccc(N2CCCCC2)c1CN. The molecule has 1 heterocycles. The number of nitrogens with two attached hydrogens (primary N) is 1. The largest absolute Gasteiger partial charge is 0.371 e. The Kier molecular flexibility index (Phi) is 4.06. The van der Waals surface area contributed by atoms with Crippen LogP contribution in [0, 0.1) is 0 Å². The smallest absolute Gasteiger partial charge is 0.0414 e. The molecule has 0 aromatic heterocycles. The molecule has 0 radical (unpaired) electrons. The molecule has 0 spiro atoms. The second-order valence-electron chi connectivity index (χ2n) is 5.25. The van der Waals surface area contributed by atoms with Gasteiger partial charge in [0.05, 0.1) is 0 Å². The molecule has 1 aromatic carbocycles. The third-order valence-corrected chi connectivity index (χ3v) is 3.71. The molecule has 1 fully saturated rings. The van der Waals surface area contributed by atoms with Gasteiger partial charge in [-0.1, -0.05) is 26.0 Å². The Labute approximate surface area is 105 Å². The summed E-state index contributed by atoms with van der Waals surface area (Å²) in [5, 5.41) is 0. The summed E-state index contributed by atoms with van der Waals surface area (Å²) in [5.41, 5.74) is 10.1. The van der Waals surface area contributed by atoms with Crippen molar-refractivity contribution in [2.45, 2.75) is 45.6 Å². The summed E-state index contributed by atoms with van der Waals surface area (Å²) in [7, 11) is 0. The van der Waals surface area contributed by atoms with Crippen molar-refractivity contribution in [2.75, 3.05) is 18.0 Å². The summed E-state index contributed by atoms with van der Waals surface area (Å²) in [4.78, 5) is 2.51. The van der Waals surface area contributed by atoms with Gasteiger partial charge in [-0.15, -0.1) is 0 Å². The molecule has 1 aliphatic rings. The molecule has 0 saturated carbocycles. The van der Waals surface area contributed by atoms with E-state index >= 15 is 0 Å². The van der Waals surface area contributed by atoms with Crippen LogP contribution in [-0.2, 0) is 6.54 Å². The number of hydrogen-bond acceptors (Lipinski definition) is 2. The highest BCUT2D eigenvalue weighted by Crippen LogP contribution is 2.30. The minimum Gasteiger partial charge on any atom is -0.371 e. The van der Waals surface area contributed by atoms with Gasteiger partial charge in [-0.3, -0.25) is 0 Å². The molecular weight excluding hydrogens is 208 g/mol. The van der Waals surface area contributed by atoms with Crippen LogP contribution in [0.4, 0.5) is 5.69 Å². The van der Waals surface area contributed by atoms with E-state index in [-0.39, 0.29) is 0 Å². The van der Waals surface area contributed by atoms with Crippen LogP contribution < -0.4 is 10.6 Å². The summed E-state index contributed by atoms with van der Waals surface area (Å²) in [6, 6.07) is 6.64. The Balaban J connectivity index is 2.35. The first kappa shape index (κ1) is 12.4. The number of anilines is 1. The van der Waals surface area contributed by atoms with Crippen molar-refractivity contribution in [1.82, 2.24) is 0 Å². The minimum atomic E-state index is 0.554. The third kappa shape index (κ3) is 2.63. The number of rotatable bonds is 3. The molecule has 0 unspecified atom stereocenters. The molecule has 0 amide bonds. The highest BCUT2D eigenvalue weighted by atomic mass is 15.1. The van der Waals surface area contributed by atoms with Gasteiger partial charge in [-0.25, -0.2) is 0 Å². The Hall–Kier alpha value is -1.02. The normalized spacial score (nSPS) is 16.6. The van der Waals surface area contributed by atoms with E-state index < -0.39 is 0 Å². The Morgan fingerprint density at radius 2 is 1.88 bits per heavy atom. The standard InChI is InChI=1S/C15H24N2/c1-12(2)13-7-6-8-15(14(13)11-16)17-9-4-3-5-10-17/h6-8,12H,3-5,9-11,16H2,1-2H3. The first-order valence-electron chi connectivity index (χ1n) is 6.81. The van der Waals surface area contributed by atoms with Crippen molar-refractivity contribution in [3.8, 4) is 0 Å². The lowest BCUT2D eigenvalue weighted by atomic mass is 9.94. The number of nitrogens with zero attached hydrogens (tertiary/aromatic N) is 1. The average Bonchev–Trinajstić information content (AvgIpc) is 2.38. The molecular formula is C15H24N2. The van der Waals surface area contributed by atoms with Crippen molar-refractivity contribution in [1.29, 1.82) is 0 Å². The van der Waals surface area contributed by atoms with Crippen LogP contribution in [0.5, 0.6) is 0 Å². The molecule has 0 atom stereocenters. The fourth-order valence-corrected chi connectivity index (χ4v) is 2.79. The zero-order chi connectivity index (χ0) is 12.3. The van der Waals surface area contributed by atoms with E-state index in [2.05, 4.69) is 36.9 Å². The van der Waals surface area contributed by atoms with E-state index in [0.717, 1.165) is 0 Å². The molecule has 1 saturated heterocycles. The molecule has 1 aliphatic heterocycles. The molecule has 17 heavy (non-hydrogen) atoms. The summed E-state index contributed by atoms with van der Waals surface area (Å²) in [5.74, 6) is 0.554. The lowest BCUT2D eigenvalue weighted by Gasteiger charge is -2.31. The number of hydrogen-bond donors (Lipinski definition) is 1. The van der Waals surface area contributed by atoms with E-state index in [4.69, 9.17) is 5.73 Å². The van der Waals surface area contributed by atoms with Crippen LogP contribution in [0.15, 0.2) is 18.2 Å². The van der Waals surface area contributed by atoms with Gasteiger partial charge in [0.2, 0.25) is 0 Å². The van der Waals surface area contributed by atoms with Crippen LogP contribution in [0.25, 0.3) is 0 Å². The lowest BCUT2D eigenvalue weighted by Crippen LogP contribution is -2.30. The van der Waals surface area contributed by atoms with Gasteiger partial charge in [0.1, 0.15) is 0 Å². The molecule has 2 N–H and O–H groups in total. The zero-order valence-corrected chi connectivity index (χ0v) is 11.1. The third-order valence-electron chi connectivity index (χ3n) is 3.71. The second-order valence-corrected chi connectivity index (χ2v) is 5.25. The summed E-state index contributed by atoms with van der Waals surface area (Å²) in [6.45, 7) is 7.52. The molecule has 0 bridgehead atoms. The Morgan fingerprint density at radius 3 is 2.47 bits per heavy atom. The predicted octanol–water partition coefficient (Wildman–Crippen LogP) is 3.26. The second kappa shape index (κ2) is 5.54. The van der Waals surface area contributed by atoms with Gasteiger partial charge in [0.15, 0.2) is 0 Å². The zero-order valence-electron chi connectivity index (χ0n) is 11.1. The van der Waals surface area contributed by atoms with Gasteiger partial charge in [-0.05, 0) is 42.4 Å². The number of benzene rings is 1. The molecule has 2 nitrogen and oxygen atoms in total. The van der Waals surface area contributed by atoms with Crippen LogP contribution in [-0.4, -0.2) is 13.1 Å². The van der Waals surface area contributed by atoms with E-state index in [0.29, 0.717) is 12.5 Å². The highest BCUT2D eigenvalue weighted by Gasteiger charge is 2.16. The van der Waals surface area contributed by atoms with Gasteiger partial charge < -0.3 is 10.6 Å². The predicted molar refractivity (Wildman–Crippen MR) is 74.5 cm³/mol. The molecule has 94 valence electrons. The van der Waals surface area contributed by atoms with Crippen molar-refractivity contribution in [2.24, 2.45) is 5.73 Å². The van der Waals surface area contributed by atoms with Crippen molar-refractivity contribution in [3.05, 3.63) is 29.3 Å². The van der Waals surface area contributed by atoms with Gasteiger partial charge in [0.25, 0.3) is 0 Å². The maximum Gasteiger partial charge on any atom is 0.0414 e. The fourth-order valence-electron chi connectivity index (χ4n) is 2.79. The van der Waals surface area contributed by atoms with E-state index in [1.165, 1.54) is 49.2 Å². The van der Waals surface area contributed by atoms with Gasteiger partial charge in [0, 0.05) is 25.3 Å². The van der Waals surface area contributed by atoms with Crippen LogP contribution in [0.3, 0.4) is 0 Å². The van der Waals surface area contributed by atoms with Crippen molar-refractivity contribution in [3.63, 3.8) is 0 Å². The molecule has 0 aliphatic carbocycles. The van der Waals surface area contributed by atoms with Gasteiger partial charge in [-0.2, -0.15) is 0 Å².